The summed E-state index contributed by atoms with van der Waals surface area (Å²) in [4.78, 5) is 0. The molecule has 0 unspecified atom stereocenters. The zero-order valence-electron chi connectivity index (χ0n) is 6.85. The molecule has 0 heterocycles. The summed E-state index contributed by atoms with van der Waals surface area (Å²) < 4.78 is 112. The molecule has 0 saturated carbocycles. The van der Waals surface area contributed by atoms with Gasteiger partial charge in [0.15, 0.2) is 0 Å². The van der Waals surface area contributed by atoms with Crippen LogP contribution in [0.15, 0.2) is 0 Å². The van der Waals surface area contributed by atoms with Crippen molar-refractivity contribution in [3.8, 4) is 0 Å². The van der Waals surface area contributed by atoms with Crippen LogP contribution in [-0.4, -0.2) is 18.3 Å². The molecule has 0 aromatic rings. The van der Waals surface area contributed by atoms with Gasteiger partial charge in [-0.05, 0) is 0 Å². The zero-order chi connectivity index (χ0) is 14.5. The van der Waals surface area contributed by atoms with Crippen molar-refractivity contribution in [3.63, 3.8) is 0 Å². The Morgan fingerprint density at radius 2 is 0.471 bits per heavy atom. The predicted molar refractivity (Wildman–Crippen MR) is 24.2 cm³/mol. The third kappa shape index (κ3) is 2.37. The molecule has 0 fully saturated rings. The molecule has 17 heavy (non-hydrogen) atoms. The van der Waals surface area contributed by atoms with Gasteiger partial charge in [-0.1, -0.05) is 0 Å². The molecule has 0 aliphatic carbocycles. The van der Waals surface area contributed by atoms with E-state index in [2.05, 4.69) is 0 Å². The van der Waals surface area contributed by atoms with E-state index in [-0.39, 0.29) is 0 Å². The van der Waals surface area contributed by atoms with Gasteiger partial charge in [-0.2, -0.15) is 0 Å². The van der Waals surface area contributed by atoms with E-state index in [1.54, 1.807) is 0 Å². The molecule has 110 valence electrons. The van der Waals surface area contributed by atoms with Crippen LogP contribution < -0.4 is 0 Å². The van der Waals surface area contributed by atoms with Gasteiger partial charge < -0.3 is 0 Å². The molecule has 0 aromatic carbocycles. The van der Waals surface area contributed by atoms with E-state index in [1.807, 2.05) is 0 Å². The molecule has 0 rings (SSSR count). The third-order valence-corrected chi connectivity index (χ3v) is 8.81. The number of halogens is 12. The fourth-order valence-corrected chi connectivity index (χ4v) is 4.99. The van der Waals surface area contributed by atoms with Crippen molar-refractivity contribution in [2.45, 2.75) is 18.3 Å². The molecular formula is C4F12Pt. The second kappa shape index (κ2) is 3.92. The Kier molecular flexibility index (Phi) is 3.89. The van der Waals surface area contributed by atoms with Crippen LogP contribution in [-0.2, 0) is 16.1 Å². The molecule has 0 saturated heterocycles. The summed E-state index contributed by atoms with van der Waals surface area (Å²) in [5.41, 5.74) is 0. The standard InChI is InChI=1S/4CF3.Pt/c4*2-1(3)4;. The molecule has 0 aliphatic heterocycles. The summed E-state index contributed by atoms with van der Waals surface area (Å²) in [6.07, 6.45) is 0. The van der Waals surface area contributed by atoms with Crippen LogP contribution in [0, 0.1) is 0 Å². The molecule has 0 amide bonds. The first kappa shape index (κ1) is 16.8. The minimum atomic E-state index is -10.2. The van der Waals surface area contributed by atoms with Crippen molar-refractivity contribution in [1.82, 2.24) is 0 Å². The van der Waals surface area contributed by atoms with Gasteiger partial charge in [0.05, 0.1) is 0 Å². The van der Waals surface area contributed by atoms with Crippen molar-refractivity contribution in [1.29, 1.82) is 0 Å². The van der Waals surface area contributed by atoms with Gasteiger partial charge in [0.1, 0.15) is 0 Å². The fraction of sp³-hybridized carbons (Fsp3) is 1.00. The zero-order valence-corrected chi connectivity index (χ0v) is 9.12. The van der Waals surface area contributed by atoms with Gasteiger partial charge in [-0.15, -0.1) is 0 Å². The Bertz CT molecular complexity index is 211. The Morgan fingerprint density at radius 3 is 0.471 bits per heavy atom. The average Bonchev–Trinajstić information content (AvgIpc) is 1.67. The minimum absolute atomic E-state index is 7.43. The van der Waals surface area contributed by atoms with Crippen molar-refractivity contribution >= 4 is 0 Å². The van der Waals surface area contributed by atoms with Crippen LogP contribution in [0.4, 0.5) is 52.7 Å². The van der Waals surface area contributed by atoms with Gasteiger partial charge in [0, 0.05) is 0 Å². The summed E-state index contributed by atoms with van der Waals surface area (Å²) in [7, 11) is 0. The third-order valence-electron chi connectivity index (χ3n) is 1.08. The van der Waals surface area contributed by atoms with E-state index >= 15 is 0 Å². The fourth-order valence-electron chi connectivity index (χ4n) is 0.610. The summed E-state index contributed by atoms with van der Waals surface area (Å²) in [5, 5.41) is 0. The Hall–Kier alpha value is -0.152. The van der Waals surface area contributed by atoms with Gasteiger partial charge >= 0.3 is 87.0 Å². The molecule has 0 aliphatic rings. The van der Waals surface area contributed by atoms with E-state index in [1.165, 1.54) is 0 Å². The molecule has 0 N–H and O–H groups in total. The first-order valence-electron chi connectivity index (χ1n) is 2.90. The normalized spacial score (nSPS) is 17.2. The van der Waals surface area contributed by atoms with Crippen LogP contribution in [0.1, 0.15) is 0 Å². The van der Waals surface area contributed by atoms with Crippen LogP contribution in [0.25, 0.3) is 0 Å². The number of hydrogen-bond donors (Lipinski definition) is 0. The predicted octanol–water partition coefficient (Wildman–Crippen LogP) is 4.22. The molecule has 0 radical (unpaired) electrons. The maximum absolute atomic E-state index is 11.8. The maximum atomic E-state index is 11.8. The second-order valence-electron chi connectivity index (χ2n) is 2.05. The number of hydrogen-bond acceptors (Lipinski definition) is 0. The Balaban J connectivity index is 6.37. The van der Waals surface area contributed by atoms with Crippen molar-refractivity contribution in [3.05, 3.63) is 0 Å². The first-order chi connectivity index (χ1) is 7.00. The van der Waals surface area contributed by atoms with Crippen LogP contribution in [0.5, 0.6) is 0 Å². The quantitative estimate of drug-likeness (QED) is 0.465. The van der Waals surface area contributed by atoms with E-state index < -0.39 is 34.3 Å². The molecule has 0 nitrogen and oxygen atoms in total. The average molecular weight is 471 g/mol. The van der Waals surface area contributed by atoms with E-state index in [9.17, 15) is 52.7 Å². The molecule has 0 aromatic heterocycles. The van der Waals surface area contributed by atoms with Crippen LogP contribution in [0.3, 0.4) is 0 Å². The van der Waals surface area contributed by atoms with Gasteiger partial charge in [-0.25, -0.2) is 0 Å². The van der Waals surface area contributed by atoms with Crippen molar-refractivity contribution in [2.75, 3.05) is 0 Å². The Labute approximate surface area is 87.8 Å². The number of rotatable bonds is 0. The molecular weight excluding hydrogens is 471 g/mol. The van der Waals surface area contributed by atoms with Crippen molar-refractivity contribution in [2.24, 2.45) is 0 Å². The van der Waals surface area contributed by atoms with Gasteiger partial charge in [0.25, 0.3) is 0 Å². The summed E-state index contributed by atoms with van der Waals surface area (Å²) >= 11 is -10.2. The second-order valence-corrected chi connectivity index (χ2v) is 10.6. The van der Waals surface area contributed by atoms with E-state index in [0.29, 0.717) is 0 Å². The SMILES string of the molecule is F[C](F)(F)[Pt]([C](F)(F)F)([C](F)(F)F)[C](F)(F)F. The van der Waals surface area contributed by atoms with Crippen molar-refractivity contribution < 1.29 is 68.7 Å². The van der Waals surface area contributed by atoms with Crippen LogP contribution >= 0.6 is 0 Å². The van der Waals surface area contributed by atoms with Crippen LogP contribution in [0.2, 0.25) is 0 Å². The summed E-state index contributed by atoms with van der Waals surface area (Å²) in [6, 6.07) is 0. The number of alkyl halides is 12. The molecule has 0 bridgehead atoms. The summed E-state index contributed by atoms with van der Waals surface area (Å²) in [6.45, 7) is 0. The van der Waals surface area contributed by atoms with E-state index in [0.717, 1.165) is 0 Å². The molecule has 0 atom stereocenters. The Morgan fingerprint density at radius 1 is 0.353 bits per heavy atom. The molecule has 0 spiro atoms. The first-order valence-corrected chi connectivity index (χ1v) is 7.44. The summed E-state index contributed by atoms with van der Waals surface area (Å²) in [5.74, 6) is 0. The van der Waals surface area contributed by atoms with Gasteiger partial charge in [-0.3, -0.25) is 0 Å². The molecule has 13 heteroatoms. The van der Waals surface area contributed by atoms with E-state index in [4.69, 9.17) is 0 Å². The van der Waals surface area contributed by atoms with Gasteiger partial charge in [0.2, 0.25) is 0 Å². The topological polar surface area (TPSA) is 0 Å². The monoisotopic (exact) mass is 471 g/mol.